The summed E-state index contributed by atoms with van der Waals surface area (Å²) < 4.78 is 15.0. The molecule has 0 unspecified atom stereocenters. The third-order valence-electron chi connectivity index (χ3n) is 4.59. The molecule has 0 bridgehead atoms. The summed E-state index contributed by atoms with van der Waals surface area (Å²) in [7, 11) is -3.01. The van der Waals surface area contributed by atoms with Gasteiger partial charge in [-0.2, -0.15) is 0 Å². The van der Waals surface area contributed by atoms with Crippen molar-refractivity contribution in [3.63, 3.8) is 0 Å². The van der Waals surface area contributed by atoms with Gasteiger partial charge >= 0.3 is 39.7 Å². The Morgan fingerprint density at radius 1 is 0.759 bits per heavy atom. The first-order valence-electron chi connectivity index (χ1n) is 9.42. The summed E-state index contributed by atoms with van der Waals surface area (Å²) in [5, 5.41) is 0. The van der Waals surface area contributed by atoms with Crippen LogP contribution in [0.25, 0.3) is 0 Å². The van der Waals surface area contributed by atoms with Gasteiger partial charge in [-0.15, -0.1) is 0 Å². The number of carbonyl (C=O) groups is 1. The number of pyridine rings is 1. The minimum absolute atomic E-state index is 0. The van der Waals surface area contributed by atoms with Gasteiger partial charge in [0.2, 0.25) is 0 Å². The number of ketones is 1. The van der Waals surface area contributed by atoms with E-state index in [-0.39, 0.29) is 17.1 Å². The van der Waals surface area contributed by atoms with Crippen LogP contribution in [-0.2, 0) is 31.2 Å². The van der Waals surface area contributed by atoms with E-state index in [2.05, 4.69) is 57.6 Å². The number of hydrogen-bond acceptors (Lipinski definition) is 2. The van der Waals surface area contributed by atoms with E-state index in [1.54, 1.807) is 12.4 Å². The van der Waals surface area contributed by atoms with Gasteiger partial charge in [-0.05, 0) is 36.8 Å². The second kappa shape index (κ2) is 14.3. The summed E-state index contributed by atoms with van der Waals surface area (Å²) in [4.78, 5) is 16.7. The van der Waals surface area contributed by atoms with E-state index in [1.165, 1.54) is 35.8 Å². The van der Waals surface area contributed by atoms with E-state index >= 15 is 0 Å². The van der Waals surface area contributed by atoms with Crippen LogP contribution in [0.1, 0.15) is 25.7 Å². The molecule has 2 saturated carbocycles. The Bertz CT molecular complexity index is 559. The number of Topliss-reactive ketones (excluding diaryl/α,β-unsaturated/α-hetero) is 1. The van der Waals surface area contributed by atoms with Crippen LogP contribution >= 0.6 is 0 Å². The third-order valence-corrected chi connectivity index (χ3v) is 8.65. The number of carbonyl (C=O) groups excluding carboxylic acids is 1. The molecule has 0 spiro atoms. The molecule has 4 nitrogen and oxygen atoms in total. The number of fused-ring (bicyclic) bond motifs is 1. The quantitative estimate of drug-likeness (QED) is 0.339. The van der Waals surface area contributed by atoms with E-state index in [9.17, 15) is 4.79 Å². The van der Waals surface area contributed by atoms with Crippen LogP contribution in [0.4, 0.5) is 0 Å². The summed E-state index contributed by atoms with van der Waals surface area (Å²) in [6.45, 7) is 23.0. The Labute approximate surface area is 189 Å². The zero-order chi connectivity index (χ0) is 22.0. The molecule has 3 rings (SSSR count). The normalized spacial score (nSPS) is 17.8. The molecule has 0 saturated heterocycles. The maximum absolute atomic E-state index is 12.9. The minimum Gasteiger partial charge on any atom is -0.265 e. The van der Waals surface area contributed by atoms with E-state index in [1.807, 2.05) is 18.2 Å². The summed E-state index contributed by atoms with van der Waals surface area (Å²) in [6, 6.07) is 5.72. The summed E-state index contributed by atoms with van der Waals surface area (Å²) in [5.41, 5.74) is 2.55. The molecule has 0 atom stereocenters. The van der Waals surface area contributed by atoms with Crippen LogP contribution < -0.4 is 0 Å². The van der Waals surface area contributed by atoms with E-state index < -0.39 is 16.1 Å². The Morgan fingerprint density at radius 2 is 1.10 bits per heavy atom. The third kappa shape index (κ3) is 8.87. The zero-order valence-electron chi connectivity index (χ0n) is 18.2. The largest absolute Gasteiger partial charge is 2.00 e. The SMILES string of the molecule is C[Si](C)(C)[C]1[C]2CCCC[C]2[C]([Si](C)(C)C)C1=O.[C-]#[O+].[C-]#[O+].[Fe+2].c1ccncc1. The zero-order valence-corrected chi connectivity index (χ0v) is 21.3. The summed E-state index contributed by atoms with van der Waals surface area (Å²) in [5.74, 6) is 3.44. The van der Waals surface area contributed by atoms with Crippen molar-refractivity contribution in [1.82, 2.24) is 4.98 Å². The van der Waals surface area contributed by atoms with Crippen molar-refractivity contribution in [2.45, 2.75) is 65.0 Å². The van der Waals surface area contributed by atoms with Crippen molar-refractivity contribution in [1.29, 1.82) is 0 Å². The van der Waals surface area contributed by atoms with Gasteiger partial charge in [-0.3, -0.25) is 9.78 Å². The standard InChI is InChI=1S/C15H26OSi2.C5H5N.2CO.Fe/c1-17(2,3)14-11-9-7-8-10-12(11)15(13(14)16)18(4,5)6;1-2-4-6-5-3-1;2*1-2;/h7-10H2,1-6H3;1-5H;;;/q;;;;+2. The fraction of sp³-hybridized carbons (Fsp3) is 0.455. The van der Waals surface area contributed by atoms with Gasteiger partial charge in [-0.25, -0.2) is 0 Å². The van der Waals surface area contributed by atoms with Crippen LogP contribution in [0.3, 0.4) is 0 Å². The molecule has 156 valence electrons. The number of hydrogen-bond donors (Lipinski definition) is 0. The molecule has 0 amide bonds. The first kappa shape index (κ1) is 30.4. The van der Waals surface area contributed by atoms with E-state index in [4.69, 9.17) is 9.30 Å². The average Bonchev–Trinajstić information content (AvgIpc) is 2.99. The van der Waals surface area contributed by atoms with E-state index in [0.717, 1.165) is 12.8 Å². The fourth-order valence-corrected chi connectivity index (χ4v) is 7.86. The van der Waals surface area contributed by atoms with Crippen LogP contribution in [0, 0.1) is 36.2 Å². The first-order valence-corrected chi connectivity index (χ1v) is 16.4. The van der Waals surface area contributed by atoms with Crippen LogP contribution in [0.15, 0.2) is 30.6 Å². The van der Waals surface area contributed by atoms with Crippen LogP contribution in [0.5, 0.6) is 0 Å². The molecule has 0 aliphatic heterocycles. The molecule has 29 heavy (non-hydrogen) atoms. The molecular weight excluding hydrogens is 438 g/mol. The molecule has 2 aliphatic carbocycles. The minimum atomic E-state index is -1.51. The van der Waals surface area contributed by atoms with Crippen molar-refractivity contribution in [3.05, 3.63) is 66.8 Å². The van der Waals surface area contributed by atoms with Gasteiger partial charge in [0, 0.05) is 23.5 Å². The number of rotatable bonds is 2. The van der Waals surface area contributed by atoms with Gasteiger partial charge in [0.15, 0.2) is 0 Å². The molecule has 2 fully saturated rings. The second-order valence-electron chi connectivity index (χ2n) is 8.77. The molecule has 1 aromatic heterocycles. The summed E-state index contributed by atoms with van der Waals surface area (Å²) in [6.07, 6.45) is 8.38. The molecule has 0 N–H and O–H groups in total. The Morgan fingerprint density at radius 3 is 1.31 bits per heavy atom. The Hall–Kier alpha value is -0.747. The monoisotopic (exact) mass is 469 g/mol. The predicted octanol–water partition coefficient (Wildman–Crippen LogP) is 5.20. The smallest absolute Gasteiger partial charge is 0.265 e. The molecule has 1 aromatic rings. The number of aromatic nitrogens is 1. The van der Waals surface area contributed by atoms with Gasteiger partial charge in [-0.1, -0.05) is 58.2 Å². The molecule has 1 heterocycles. The summed E-state index contributed by atoms with van der Waals surface area (Å²) >= 11 is 0. The van der Waals surface area contributed by atoms with E-state index in [0.29, 0.717) is 5.78 Å². The first-order chi connectivity index (χ1) is 13.1. The fourth-order valence-electron chi connectivity index (χ4n) is 3.76. The molecular formula is C22H31FeNO3Si2+2. The van der Waals surface area contributed by atoms with Crippen molar-refractivity contribution >= 4 is 21.9 Å². The van der Waals surface area contributed by atoms with Gasteiger partial charge in [0.25, 0.3) is 0 Å². The maximum atomic E-state index is 12.9. The van der Waals surface area contributed by atoms with Crippen molar-refractivity contribution in [3.8, 4) is 0 Å². The average molecular weight is 470 g/mol. The molecule has 2 aliphatic rings. The van der Waals surface area contributed by atoms with Crippen molar-refractivity contribution in [2.24, 2.45) is 0 Å². The van der Waals surface area contributed by atoms with Crippen molar-refractivity contribution in [2.75, 3.05) is 0 Å². The van der Waals surface area contributed by atoms with Gasteiger partial charge < -0.3 is 0 Å². The van der Waals surface area contributed by atoms with Gasteiger partial charge in [0.1, 0.15) is 5.78 Å². The Kier molecular flexibility index (Phi) is 15.0. The van der Waals surface area contributed by atoms with Crippen LogP contribution in [0.2, 0.25) is 39.3 Å². The van der Waals surface area contributed by atoms with Crippen molar-refractivity contribution < 1.29 is 31.2 Å². The Balaban J connectivity index is 0. The van der Waals surface area contributed by atoms with Gasteiger partial charge in [0.05, 0.1) is 16.1 Å². The number of nitrogens with zero attached hydrogens (tertiary/aromatic N) is 1. The molecule has 7 heteroatoms. The topological polar surface area (TPSA) is 69.8 Å². The molecule has 4 radical (unpaired) electrons. The predicted molar refractivity (Wildman–Crippen MR) is 115 cm³/mol. The molecule has 0 aromatic carbocycles. The van der Waals surface area contributed by atoms with Crippen LogP contribution in [-0.4, -0.2) is 26.9 Å². The second-order valence-corrected chi connectivity index (χ2v) is 18.8. The maximum Gasteiger partial charge on any atom is 2.00 e.